The van der Waals surface area contributed by atoms with Crippen molar-refractivity contribution in [1.82, 2.24) is 15.8 Å². The number of rotatable bonds is 14. The van der Waals surface area contributed by atoms with E-state index in [0.717, 1.165) is 29.2 Å². The molecule has 10 heteroatoms. The molecule has 4 rings (SSSR count). The number of aryl methyl sites for hydroxylation is 1. The fraction of sp³-hybridized carbons (Fsp3) is 0.486. The zero-order chi connectivity index (χ0) is 32.5. The molecule has 5 atom stereocenters. The molecule has 238 valence electrons. The number of nitriles is 1. The lowest BCUT2D eigenvalue weighted by atomic mass is 9.82. The van der Waals surface area contributed by atoms with Crippen LogP contribution in [0.15, 0.2) is 53.1 Å². The standard InChI is InChI=1S/C35H42N4O6/c1-21(2)15-26(34(43)37-29(33(42)20-36)18-25-10-5-7-14-31(25)40)19-32(41)28(38-35(44)30-16-22(3)45-39-30)17-24-12-8-11-23-9-4-6-13-27(23)24/h4,6,8-9,11-13,16,21,25-26,28-29,33,42H,5,7,10,14-15,17-19H2,1-3H3,(H,37,43)(H,38,44)/t25-,26+,28-,29-,33?/m0/s1. The Balaban J connectivity index is 1.57. The van der Waals surface area contributed by atoms with Gasteiger partial charge in [-0.05, 0) is 54.9 Å². The van der Waals surface area contributed by atoms with Crippen molar-refractivity contribution in [2.24, 2.45) is 17.8 Å². The van der Waals surface area contributed by atoms with Crippen LogP contribution in [0.4, 0.5) is 0 Å². The van der Waals surface area contributed by atoms with Crippen molar-refractivity contribution in [3.8, 4) is 6.07 Å². The summed E-state index contributed by atoms with van der Waals surface area (Å²) in [6, 6.07) is 14.9. The van der Waals surface area contributed by atoms with Crippen molar-refractivity contribution in [1.29, 1.82) is 5.26 Å². The smallest absolute Gasteiger partial charge is 0.274 e. The zero-order valence-electron chi connectivity index (χ0n) is 26.1. The van der Waals surface area contributed by atoms with E-state index in [2.05, 4.69) is 15.8 Å². The molecule has 1 aliphatic rings. The molecule has 0 saturated heterocycles. The number of Topliss-reactive ketones (excluding diaryl/α,β-unsaturated/α-hetero) is 2. The summed E-state index contributed by atoms with van der Waals surface area (Å²) in [5.74, 6) is -1.91. The summed E-state index contributed by atoms with van der Waals surface area (Å²) in [5, 5.41) is 31.3. The quantitative estimate of drug-likeness (QED) is 0.222. The maximum absolute atomic E-state index is 14.0. The van der Waals surface area contributed by atoms with Crippen LogP contribution in [0.5, 0.6) is 0 Å². The van der Waals surface area contributed by atoms with E-state index < -0.39 is 35.9 Å². The summed E-state index contributed by atoms with van der Waals surface area (Å²) >= 11 is 0. The first-order chi connectivity index (χ1) is 21.5. The molecule has 3 N–H and O–H groups in total. The number of fused-ring (bicyclic) bond motifs is 1. The molecule has 1 unspecified atom stereocenters. The average molecular weight is 615 g/mol. The second-order valence-electron chi connectivity index (χ2n) is 12.5. The minimum absolute atomic E-state index is 0.0466. The number of hydrogen-bond acceptors (Lipinski definition) is 8. The summed E-state index contributed by atoms with van der Waals surface area (Å²) in [5.41, 5.74) is 0.910. The number of carbonyl (C=O) groups is 4. The van der Waals surface area contributed by atoms with Gasteiger partial charge in [-0.2, -0.15) is 5.26 Å². The molecule has 0 radical (unpaired) electrons. The van der Waals surface area contributed by atoms with E-state index in [9.17, 15) is 29.5 Å². The summed E-state index contributed by atoms with van der Waals surface area (Å²) in [4.78, 5) is 53.3. The first-order valence-corrected chi connectivity index (χ1v) is 15.7. The van der Waals surface area contributed by atoms with Crippen molar-refractivity contribution in [2.75, 3.05) is 0 Å². The predicted molar refractivity (Wildman–Crippen MR) is 168 cm³/mol. The molecule has 0 aliphatic heterocycles. The Hall–Kier alpha value is -4.36. The van der Waals surface area contributed by atoms with Gasteiger partial charge in [-0.25, -0.2) is 0 Å². The van der Waals surface area contributed by atoms with Gasteiger partial charge in [-0.15, -0.1) is 0 Å². The number of aromatic nitrogens is 1. The lowest BCUT2D eigenvalue weighted by Crippen LogP contribution is -2.49. The number of hydrogen-bond donors (Lipinski definition) is 3. The van der Waals surface area contributed by atoms with Gasteiger partial charge in [0.1, 0.15) is 11.5 Å². The van der Waals surface area contributed by atoms with E-state index >= 15 is 0 Å². The third kappa shape index (κ3) is 9.08. The summed E-state index contributed by atoms with van der Waals surface area (Å²) in [6.45, 7) is 5.54. The molecule has 1 fully saturated rings. The van der Waals surface area contributed by atoms with Crippen LogP contribution in [0.25, 0.3) is 10.8 Å². The molecular formula is C35H42N4O6. The molecule has 45 heavy (non-hydrogen) atoms. The van der Waals surface area contributed by atoms with Gasteiger partial charge in [0.05, 0.1) is 18.2 Å². The van der Waals surface area contributed by atoms with E-state index in [1.54, 1.807) is 13.0 Å². The Kier molecular flexibility index (Phi) is 11.6. The molecule has 1 saturated carbocycles. The van der Waals surface area contributed by atoms with Gasteiger partial charge >= 0.3 is 0 Å². The summed E-state index contributed by atoms with van der Waals surface area (Å²) in [6.07, 6.45) is 1.86. The summed E-state index contributed by atoms with van der Waals surface area (Å²) in [7, 11) is 0. The van der Waals surface area contributed by atoms with E-state index in [1.807, 2.05) is 56.3 Å². The molecule has 2 aromatic carbocycles. The Morgan fingerprint density at radius 2 is 1.87 bits per heavy atom. The molecule has 1 aliphatic carbocycles. The molecule has 2 amide bonds. The van der Waals surface area contributed by atoms with Crippen molar-refractivity contribution in [3.63, 3.8) is 0 Å². The maximum atomic E-state index is 14.0. The maximum Gasteiger partial charge on any atom is 0.274 e. The number of benzene rings is 2. The van der Waals surface area contributed by atoms with E-state index in [0.29, 0.717) is 25.0 Å². The van der Waals surface area contributed by atoms with Crippen molar-refractivity contribution in [2.45, 2.75) is 90.3 Å². The third-order valence-corrected chi connectivity index (χ3v) is 8.49. The minimum Gasteiger partial charge on any atom is -0.376 e. The molecule has 0 spiro atoms. The van der Waals surface area contributed by atoms with Crippen molar-refractivity contribution < 1.29 is 28.8 Å². The van der Waals surface area contributed by atoms with Crippen LogP contribution in [0.3, 0.4) is 0 Å². The number of ketones is 2. The number of carbonyl (C=O) groups excluding carboxylic acids is 4. The Labute approximate surface area is 263 Å². The highest BCUT2D eigenvalue weighted by molar-refractivity contribution is 5.98. The topological polar surface area (TPSA) is 162 Å². The lowest BCUT2D eigenvalue weighted by Gasteiger charge is -2.29. The van der Waals surface area contributed by atoms with Crippen molar-refractivity contribution in [3.05, 3.63) is 65.5 Å². The predicted octanol–water partition coefficient (Wildman–Crippen LogP) is 4.62. The highest BCUT2D eigenvalue weighted by atomic mass is 16.5. The van der Waals surface area contributed by atoms with Gasteiger partial charge in [0.25, 0.3) is 5.91 Å². The van der Waals surface area contributed by atoms with Gasteiger partial charge in [0.15, 0.2) is 17.6 Å². The van der Waals surface area contributed by atoms with Gasteiger partial charge in [0, 0.05) is 37.2 Å². The Morgan fingerprint density at radius 3 is 2.56 bits per heavy atom. The fourth-order valence-electron chi connectivity index (χ4n) is 6.15. The number of nitrogens with one attached hydrogen (secondary N) is 2. The van der Waals surface area contributed by atoms with Gasteiger partial charge in [-0.3, -0.25) is 19.2 Å². The van der Waals surface area contributed by atoms with Crippen LogP contribution in [-0.4, -0.2) is 51.8 Å². The van der Waals surface area contributed by atoms with Gasteiger partial charge < -0.3 is 20.3 Å². The van der Waals surface area contributed by atoms with Crippen LogP contribution in [0, 0.1) is 36.0 Å². The van der Waals surface area contributed by atoms with Crippen LogP contribution in [-0.2, 0) is 20.8 Å². The van der Waals surface area contributed by atoms with Gasteiger partial charge in [-0.1, -0.05) is 67.9 Å². The highest BCUT2D eigenvalue weighted by Gasteiger charge is 2.34. The second kappa shape index (κ2) is 15.6. The van der Waals surface area contributed by atoms with Crippen molar-refractivity contribution >= 4 is 34.2 Å². The second-order valence-corrected chi connectivity index (χ2v) is 12.5. The SMILES string of the molecule is Cc1cc(C(=O)N[C@@H](Cc2cccc3ccccc23)C(=O)C[C@@H](CC(C)C)C(=O)N[C@@H](C[C@@H]2CCCCC2=O)C(O)C#N)no1. The molecule has 3 aromatic rings. The normalized spacial score (nSPS) is 17.7. The molecular weight excluding hydrogens is 572 g/mol. The van der Waals surface area contributed by atoms with Crippen LogP contribution >= 0.6 is 0 Å². The Morgan fingerprint density at radius 1 is 1.11 bits per heavy atom. The first-order valence-electron chi connectivity index (χ1n) is 15.7. The molecule has 1 heterocycles. The Bertz CT molecular complexity index is 1550. The zero-order valence-corrected chi connectivity index (χ0v) is 26.1. The third-order valence-electron chi connectivity index (χ3n) is 8.49. The minimum atomic E-state index is -1.50. The molecule has 10 nitrogen and oxygen atoms in total. The number of nitrogens with zero attached hydrogens (tertiary/aromatic N) is 2. The van der Waals surface area contributed by atoms with Crippen LogP contribution in [0.2, 0.25) is 0 Å². The monoisotopic (exact) mass is 614 g/mol. The number of aliphatic hydroxyl groups is 1. The number of amides is 2. The fourth-order valence-corrected chi connectivity index (χ4v) is 6.15. The number of aliphatic hydroxyl groups excluding tert-OH is 1. The van der Waals surface area contributed by atoms with Crippen LogP contribution < -0.4 is 10.6 Å². The molecule has 1 aromatic heterocycles. The largest absolute Gasteiger partial charge is 0.376 e. The van der Waals surface area contributed by atoms with E-state index in [-0.39, 0.29) is 48.4 Å². The average Bonchev–Trinajstić information content (AvgIpc) is 3.46. The summed E-state index contributed by atoms with van der Waals surface area (Å²) < 4.78 is 5.06. The molecule has 0 bridgehead atoms. The lowest BCUT2D eigenvalue weighted by molar-refractivity contribution is -0.132. The van der Waals surface area contributed by atoms with Gasteiger partial charge in [0.2, 0.25) is 5.91 Å². The first kappa shape index (κ1) is 33.5. The van der Waals surface area contributed by atoms with Crippen LogP contribution in [0.1, 0.15) is 80.6 Å². The highest BCUT2D eigenvalue weighted by Crippen LogP contribution is 2.27. The van der Waals surface area contributed by atoms with E-state index in [4.69, 9.17) is 4.52 Å². The van der Waals surface area contributed by atoms with E-state index in [1.165, 1.54) is 6.07 Å².